The molecule has 0 spiro atoms. The zero-order valence-corrected chi connectivity index (χ0v) is 11.2. The van der Waals surface area contributed by atoms with Crippen molar-refractivity contribution in [3.8, 4) is 0 Å². The fourth-order valence-corrected chi connectivity index (χ4v) is 4.12. The van der Waals surface area contributed by atoms with E-state index in [0.29, 0.717) is 6.04 Å². The Labute approximate surface area is 101 Å². The molecule has 0 bridgehead atoms. The Kier molecular flexibility index (Phi) is 4.26. The van der Waals surface area contributed by atoms with Crippen molar-refractivity contribution in [1.29, 1.82) is 0 Å². The summed E-state index contributed by atoms with van der Waals surface area (Å²) in [5.41, 5.74) is 0. The van der Waals surface area contributed by atoms with E-state index in [9.17, 15) is 0 Å². The minimum atomic E-state index is 0.584. The lowest BCUT2D eigenvalue weighted by Gasteiger charge is -2.28. The number of amidine groups is 1. The molecule has 3 unspecified atom stereocenters. The lowest BCUT2D eigenvalue weighted by atomic mass is 10.1. The van der Waals surface area contributed by atoms with Crippen LogP contribution in [0.5, 0.6) is 0 Å². The van der Waals surface area contributed by atoms with Crippen molar-refractivity contribution in [2.75, 3.05) is 18.1 Å². The molecule has 0 aromatic rings. The molecule has 3 atom stereocenters. The van der Waals surface area contributed by atoms with Gasteiger partial charge in [-0.05, 0) is 31.4 Å². The van der Waals surface area contributed by atoms with E-state index in [1.807, 2.05) is 11.8 Å². The Morgan fingerprint density at radius 2 is 2.33 bits per heavy atom. The van der Waals surface area contributed by atoms with Gasteiger partial charge < -0.3 is 5.32 Å². The molecule has 2 nitrogen and oxygen atoms in total. The molecule has 0 aromatic heterocycles. The third-order valence-corrected chi connectivity index (χ3v) is 5.74. The van der Waals surface area contributed by atoms with E-state index in [2.05, 4.69) is 30.9 Å². The molecule has 2 saturated heterocycles. The number of hydrogen-bond acceptors (Lipinski definition) is 3. The second kappa shape index (κ2) is 5.48. The molecule has 2 heterocycles. The van der Waals surface area contributed by atoms with Crippen LogP contribution < -0.4 is 5.32 Å². The molecule has 0 aliphatic carbocycles. The van der Waals surface area contributed by atoms with Crippen LogP contribution in [-0.2, 0) is 0 Å². The summed E-state index contributed by atoms with van der Waals surface area (Å²) in [6.07, 6.45) is 2.74. The van der Waals surface area contributed by atoms with Gasteiger partial charge in [0.1, 0.15) is 0 Å². The lowest BCUT2D eigenvalue weighted by molar-refractivity contribution is 0.490. The molecule has 2 fully saturated rings. The number of thioether (sulfide) groups is 2. The first kappa shape index (κ1) is 11.6. The van der Waals surface area contributed by atoms with E-state index in [-0.39, 0.29) is 0 Å². The van der Waals surface area contributed by atoms with Gasteiger partial charge in [0, 0.05) is 17.0 Å². The maximum atomic E-state index is 4.70. The molecule has 0 radical (unpaired) electrons. The van der Waals surface area contributed by atoms with E-state index >= 15 is 0 Å². The van der Waals surface area contributed by atoms with Gasteiger partial charge in [-0.1, -0.05) is 18.7 Å². The Hall–Kier alpha value is 0.170. The van der Waals surface area contributed by atoms with Gasteiger partial charge in [0.15, 0.2) is 5.17 Å². The summed E-state index contributed by atoms with van der Waals surface area (Å²) in [6.45, 7) is 5.57. The highest BCUT2D eigenvalue weighted by molar-refractivity contribution is 8.13. The Bertz CT molecular complexity index is 237. The molecule has 15 heavy (non-hydrogen) atoms. The molecule has 0 aromatic carbocycles. The van der Waals surface area contributed by atoms with E-state index < -0.39 is 0 Å². The minimum absolute atomic E-state index is 0.584. The van der Waals surface area contributed by atoms with Crippen LogP contribution in [-0.4, -0.2) is 34.5 Å². The van der Waals surface area contributed by atoms with Crippen molar-refractivity contribution >= 4 is 28.7 Å². The zero-order valence-electron chi connectivity index (χ0n) is 9.53. The van der Waals surface area contributed by atoms with Crippen LogP contribution in [0.2, 0.25) is 0 Å². The molecule has 1 N–H and O–H groups in total. The fraction of sp³-hybridized carbons (Fsp3) is 0.909. The average Bonchev–Trinajstić information content (AvgIpc) is 2.73. The second-order valence-corrected chi connectivity index (χ2v) is 6.92. The van der Waals surface area contributed by atoms with Crippen molar-refractivity contribution in [1.82, 2.24) is 5.32 Å². The zero-order chi connectivity index (χ0) is 10.7. The van der Waals surface area contributed by atoms with Crippen molar-refractivity contribution in [3.05, 3.63) is 0 Å². The quantitative estimate of drug-likeness (QED) is 0.808. The van der Waals surface area contributed by atoms with Gasteiger partial charge in [-0.15, -0.1) is 0 Å². The van der Waals surface area contributed by atoms with Gasteiger partial charge in [-0.2, -0.15) is 11.8 Å². The first-order valence-electron chi connectivity index (χ1n) is 5.81. The summed E-state index contributed by atoms with van der Waals surface area (Å²) in [4.78, 5) is 4.70. The lowest BCUT2D eigenvalue weighted by Crippen LogP contribution is -2.41. The topological polar surface area (TPSA) is 24.4 Å². The monoisotopic (exact) mass is 244 g/mol. The summed E-state index contributed by atoms with van der Waals surface area (Å²) in [7, 11) is 0. The van der Waals surface area contributed by atoms with Gasteiger partial charge in [0.2, 0.25) is 0 Å². The van der Waals surface area contributed by atoms with Gasteiger partial charge in [0.25, 0.3) is 0 Å². The Balaban J connectivity index is 1.80. The maximum absolute atomic E-state index is 4.70. The van der Waals surface area contributed by atoms with Crippen LogP contribution in [0.4, 0.5) is 0 Å². The van der Waals surface area contributed by atoms with E-state index in [1.54, 1.807) is 0 Å². The first-order chi connectivity index (χ1) is 7.25. The Morgan fingerprint density at radius 3 is 3.00 bits per heavy atom. The average molecular weight is 244 g/mol. The number of hydrogen-bond donors (Lipinski definition) is 1. The molecule has 0 saturated carbocycles. The van der Waals surface area contributed by atoms with Crippen LogP contribution in [0.1, 0.15) is 26.7 Å². The maximum Gasteiger partial charge on any atom is 0.156 e. The van der Waals surface area contributed by atoms with Gasteiger partial charge in [0.05, 0.1) is 6.54 Å². The van der Waals surface area contributed by atoms with Gasteiger partial charge in [-0.3, -0.25) is 4.99 Å². The van der Waals surface area contributed by atoms with Crippen LogP contribution in [0, 0.1) is 5.92 Å². The molecule has 4 heteroatoms. The number of aliphatic imine (C=N–C) groups is 1. The van der Waals surface area contributed by atoms with E-state index in [4.69, 9.17) is 4.99 Å². The molecular formula is C11H20N2S2. The van der Waals surface area contributed by atoms with Crippen LogP contribution in [0.15, 0.2) is 4.99 Å². The molecule has 2 rings (SSSR count). The summed E-state index contributed by atoms with van der Waals surface area (Å²) >= 11 is 3.98. The highest BCUT2D eigenvalue weighted by Gasteiger charge is 2.21. The smallest absolute Gasteiger partial charge is 0.156 e. The fourth-order valence-electron chi connectivity index (χ4n) is 1.80. The third kappa shape index (κ3) is 3.31. The summed E-state index contributed by atoms with van der Waals surface area (Å²) < 4.78 is 0. The standard InChI is InChI=1S/C11H20N2S2/c1-8-7-15-11(13-9(8)2)12-6-10-4-3-5-14-10/h8-10H,3-7H2,1-2H3,(H,12,13). The van der Waals surface area contributed by atoms with E-state index in [1.165, 1.54) is 29.5 Å². The summed E-state index contributed by atoms with van der Waals surface area (Å²) in [5.74, 6) is 3.31. The van der Waals surface area contributed by atoms with Crippen LogP contribution in [0.25, 0.3) is 0 Å². The van der Waals surface area contributed by atoms with Crippen LogP contribution >= 0.6 is 23.5 Å². The predicted octanol–water partition coefficient (Wildman–Crippen LogP) is 2.60. The van der Waals surface area contributed by atoms with Crippen LogP contribution in [0.3, 0.4) is 0 Å². The first-order valence-corrected chi connectivity index (χ1v) is 7.84. The minimum Gasteiger partial charge on any atom is -0.362 e. The second-order valence-electron chi connectivity index (χ2n) is 4.50. The molecule has 0 amide bonds. The number of nitrogens with one attached hydrogen (secondary N) is 1. The van der Waals surface area contributed by atoms with Crippen molar-refractivity contribution in [2.45, 2.75) is 38.0 Å². The summed E-state index contributed by atoms with van der Waals surface area (Å²) in [6, 6.07) is 0.584. The molecule has 86 valence electrons. The normalized spacial score (nSPS) is 39.3. The van der Waals surface area contributed by atoms with E-state index in [0.717, 1.165) is 17.7 Å². The SMILES string of the molecule is CC1CSC(=NCC2CCCS2)NC1C. The molecule has 2 aliphatic heterocycles. The molecule has 2 aliphatic rings. The largest absolute Gasteiger partial charge is 0.362 e. The highest BCUT2D eigenvalue weighted by Crippen LogP contribution is 2.27. The molecular weight excluding hydrogens is 224 g/mol. The predicted molar refractivity (Wildman–Crippen MR) is 72.0 cm³/mol. The van der Waals surface area contributed by atoms with Crippen molar-refractivity contribution in [2.24, 2.45) is 10.9 Å². The third-order valence-electron chi connectivity index (χ3n) is 3.15. The van der Waals surface area contributed by atoms with Crippen molar-refractivity contribution < 1.29 is 0 Å². The Morgan fingerprint density at radius 1 is 1.47 bits per heavy atom. The van der Waals surface area contributed by atoms with Gasteiger partial charge in [-0.25, -0.2) is 0 Å². The van der Waals surface area contributed by atoms with Crippen molar-refractivity contribution in [3.63, 3.8) is 0 Å². The highest BCUT2D eigenvalue weighted by atomic mass is 32.2. The number of rotatable bonds is 2. The number of nitrogens with zero attached hydrogens (tertiary/aromatic N) is 1. The van der Waals surface area contributed by atoms with Gasteiger partial charge >= 0.3 is 0 Å². The summed E-state index contributed by atoms with van der Waals surface area (Å²) in [5, 5.41) is 5.45.